The lowest BCUT2D eigenvalue weighted by atomic mass is 9.62. The van der Waals surface area contributed by atoms with Gasteiger partial charge in [0.05, 0.1) is 7.11 Å². The SMILES string of the molecule is COc1ccccc1-c1ccc(-c2ccc(N(c3ccc(-c4ccccc4)cc3)c3ccc4c(c3)C(c3ccccc3)(c3ccccc3)C3CCC=CC43)cc2)c(-c2ccccc2)c1. The van der Waals surface area contributed by atoms with Gasteiger partial charge in [0.25, 0.3) is 0 Å². The number of allylic oxidation sites excluding steroid dienone is 2. The summed E-state index contributed by atoms with van der Waals surface area (Å²) in [6, 6.07) is 84.5. The summed E-state index contributed by atoms with van der Waals surface area (Å²) in [5.74, 6) is 1.60. The molecule has 0 heterocycles. The van der Waals surface area contributed by atoms with Crippen molar-refractivity contribution in [1.82, 2.24) is 0 Å². The van der Waals surface area contributed by atoms with Gasteiger partial charge in [0, 0.05) is 34.0 Å². The van der Waals surface area contributed by atoms with Gasteiger partial charge in [-0.2, -0.15) is 0 Å². The lowest BCUT2D eigenvalue weighted by molar-refractivity contribution is 0.345. The third kappa shape index (κ3) is 6.83. The summed E-state index contributed by atoms with van der Waals surface area (Å²) < 4.78 is 5.80. The first-order valence-electron chi connectivity index (χ1n) is 22.5. The molecule has 0 aromatic heterocycles. The van der Waals surface area contributed by atoms with Crippen molar-refractivity contribution in [3.05, 3.63) is 265 Å². The highest BCUT2D eigenvalue weighted by Gasteiger charge is 2.53. The Labute approximate surface area is 377 Å². The van der Waals surface area contributed by atoms with Crippen LogP contribution in [0.3, 0.4) is 0 Å². The average Bonchev–Trinajstić information content (AvgIpc) is 3.68. The quantitative estimate of drug-likeness (QED) is 0.127. The van der Waals surface area contributed by atoms with Crippen molar-refractivity contribution in [1.29, 1.82) is 0 Å². The average molecular weight is 824 g/mol. The number of fused-ring (bicyclic) bond motifs is 3. The second kappa shape index (κ2) is 16.9. The molecule has 0 saturated heterocycles. The van der Waals surface area contributed by atoms with E-state index in [1.165, 1.54) is 50.1 Å². The fourth-order valence-electron chi connectivity index (χ4n) is 10.8. The molecule has 64 heavy (non-hydrogen) atoms. The van der Waals surface area contributed by atoms with Gasteiger partial charge in [0.1, 0.15) is 5.75 Å². The molecule has 0 aliphatic heterocycles. The Morgan fingerprint density at radius 3 is 1.59 bits per heavy atom. The molecule has 2 nitrogen and oxygen atoms in total. The van der Waals surface area contributed by atoms with E-state index in [9.17, 15) is 0 Å². The van der Waals surface area contributed by atoms with Crippen molar-refractivity contribution in [3.63, 3.8) is 0 Å². The third-order valence-electron chi connectivity index (χ3n) is 13.7. The molecule has 9 aromatic carbocycles. The number of benzene rings is 9. The van der Waals surface area contributed by atoms with Gasteiger partial charge < -0.3 is 9.64 Å². The van der Waals surface area contributed by atoms with Crippen molar-refractivity contribution < 1.29 is 4.74 Å². The van der Waals surface area contributed by atoms with E-state index in [1.807, 2.05) is 12.1 Å². The normalized spacial score (nSPS) is 15.8. The van der Waals surface area contributed by atoms with Crippen LogP contribution in [0.25, 0.3) is 44.5 Å². The van der Waals surface area contributed by atoms with Crippen LogP contribution in [-0.2, 0) is 5.41 Å². The van der Waals surface area contributed by atoms with E-state index in [1.54, 1.807) is 7.11 Å². The topological polar surface area (TPSA) is 12.5 Å². The lowest BCUT2D eigenvalue weighted by Crippen LogP contribution is -2.36. The highest BCUT2D eigenvalue weighted by Crippen LogP contribution is 2.61. The zero-order valence-electron chi connectivity index (χ0n) is 36.0. The monoisotopic (exact) mass is 823 g/mol. The summed E-state index contributed by atoms with van der Waals surface area (Å²) in [7, 11) is 1.74. The van der Waals surface area contributed by atoms with Crippen molar-refractivity contribution in [2.45, 2.75) is 24.2 Å². The fraction of sp³-hybridized carbons (Fsp3) is 0.0968. The molecular formula is C62H49NO. The summed E-state index contributed by atoms with van der Waals surface area (Å²) in [6.07, 6.45) is 7.12. The van der Waals surface area contributed by atoms with Crippen LogP contribution in [0.2, 0.25) is 0 Å². The van der Waals surface area contributed by atoms with Crippen LogP contribution in [0.4, 0.5) is 17.1 Å². The number of anilines is 3. The molecule has 308 valence electrons. The Bertz CT molecular complexity index is 3030. The minimum absolute atomic E-state index is 0.306. The molecule has 0 saturated carbocycles. The van der Waals surface area contributed by atoms with Gasteiger partial charge in [-0.3, -0.25) is 0 Å². The van der Waals surface area contributed by atoms with Gasteiger partial charge in [0.15, 0.2) is 0 Å². The first-order chi connectivity index (χ1) is 31.7. The molecule has 0 fully saturated rings. The van der Waals surface area contributed by atoms with Crippen LogP contribution in [0.1, 0.15) is 41.0 Å². The third-order valence-corrected chi connectivity index (χ3v) is 13.7. The van der Waals surface area contributed by atoms with E-state index in [4.69, 9.17) is 4.74 Å². The number of nitrogens with zero attached hydrogens (tertiary/aromatic N) is 1. The molecule has 0 spiro atoms. The maximum absolute atomic E-state index is 5.80. The van der Waals surface area contributed by atoms with Crippen molar-refractivity contribution in [2.24, 2.45) is 5.92 Å². The van der Waals surface area contributed by atoms with Gasteiger partial charge in [-0.1, -0.05) is 194 Å². The molecule has 2 heteroatoms. The standard InChI is InChI=1S/C62H49NO/c1-64-61-29-17-15-26-55(61)48-34-40-54(58(42-48)46-20-8-3-9-21-46)47-32-37-52(38-33-47)63(51-35-30-45(31-36-51)44-18-6-2-7-19-44)53-39-41-57-56-27-14-16-28-59(56)62(60(57)43-53,49-22-10-4-11-23-49)50-24-12-5-13-25-50/h2-15,17-27,29-43,56,59H,16,28H2,1H3. The van der Waals surface area contributed by atoms with E-state index in [0.717, 1.165) is 52.3 Å². The number of rotatable bonds is 10. The summed E-state index contributed by atoms with van der Waals surface area (Å²) in [6.45, 7) is 0. The molecule has 0 amide bonds. The minimum atomic E-state index is -0.306. The van der Waals surface area contributed by atoms with Crippen LogP contribution in [0.15, 0.2) is 243 Å². The molecule has 2 aliphatic rings. The zero-order valence-corrected chi connectivity index (χ0v) is 36.0. The molecule has 9 aromatic rings. The summed E-state index contributed by atoms with van der Waals surface area (Å²) in [5.41, 5.74) is 17.9. The Hall–Kier alpha value is -7.68. The minimum Gasteiger partial charge on any atom is -0.496 e. The molecule has 0 radical (unpaired) electrons. The summed E-state index contributed by atoms with van der Waals surface area (Å²) >= 11 is 0. The van der Waals surface area contributed by atoms with Gasteiger partial charge in [-0.25, -0.2) is 0 Å². The number of ether oxygens (including phenoxy) is 1. The maximum atomic E-state index is 5.80. The van der Waals surface area contributed by atoms with Crippen molar-refractivity contribution in [3.8, 4) is 50.3 Å². The Kier molecular flexibility index (Phi) is 10.3. The largest absolute Gasteiger partial charge is 0.496 e. The van der Waals surface area contributed by atoms with Gasteiger partial charge >= 0.3 is 0 Å². The number of hydrogen-bond acceptors (Lipinski definition) is 2. The van der Waals surface area contributed by atoms with Crippen LogP contribution in [-0.4, -0.2) is 7.11 Å². The van der Waals surface area contributed by atoms with Gasteiger partial charge in [0.2, 0.25) is 0 Å². The number of hydrogen-bond donors (Lipinski definition) is 0. The van der Waals surface area contributed by atoms with Gasteiger partial charge in [-0.05, 0) is 128 Å². The molecule has 2 aliphatic carbocycles. The fourth-order valence-corrected chi connectivity index (χ4v) is 10.8. The lowest BCUT2D eigenvalue weighted by Gasteiger charge is -2.40. The zero-order chi connectivity index (χ0) is 42.9. The van der Waals surface area contributed by atoms with Crippen LogP contribution in [0, 0.1) is 5.92 Å². The first kappa shape index (κ1) is 39.2. The number of para-hydroxylation sites is 1. The van der Waals surface area contributed by atoms with Crippen molar-refractivity contribution >= 4 is 17.1 Å². The molecule has 0 bridgehead atoms. The molecule has 0 N–H and O–H groups in total. The van der Waals surface area contributed by atoms with E-state index < -0.39 is 0 Å². The Morgan fingerprint density at radius 2 is 0.953 bits per heavy atom. The van der Waals surface area contributed by atoms with Crippen LogP contribution >= 0.6 is 0 Å². The summed E-state index contributed by atoms with van der Waals surface area (Å²) in [5, 5.41) is 0. The summed E-state index contributed by atoms with van der Waals surface area (Å²) in [4.78, 5) is 2.44. The van der Waals surface area contributed by atoms with E-state index in [-0.39, 0.29) is 5.41 Å². The smallest absolute Gasteiger partial charge is 0.126 e. The van der Waals surface area contributed by atoms with Crippen LogP contribution in [0.5, 0.6) is 5.75 Å². The van der Waals surface area contributed by atoms with Crippen LogP contribution < -0.4 is 9.64 Å². The predicted molar refractivity (Wildman–Crippen MR) is 267 cm³/mol. The maximum Gasteiger partial charge on any atom is 0.126 e. The van der Waals surface area contributed by atoms with E-state index >= 15 is 0 Å². The van der Waals surface area contributed by atoms with Gasteiger partial charge in [-0.15, -0.1) is 0 Å². The molecule has 2 unspecified atom stereocenters. The highest BCUT2D eigenvalue weighted by atomic mass is 16.5. The second-order valence-electron chi connectivity index (χ2n) is 17.1. The number of methoxy groups -OCH3 is 1. The predicted octanol–water partition coefficient (Wildman–Crippen LogP) is 16.2. The molecule has 2 atom stereocenters. The molecule has 11 rings (SSSR count). The Morgan fingerprint density at radius 1 is 0.438 bits per heavy atom. The van der Waals surface area contributed by atoms with Crippen molar-refractivity contribution in [2.75, 3.05) is 12.0 Å². The Balaban J connectivity index is 1.07. The van der Waals surface area contributed by atoms with E-state index in [2.05, 4.69) is 235 Å². The highest BCUT2D eigenvalue weighted by molar-refractivity contribution is 5.89. The second-order valence-corrected chi connectivity index (χ2v) is 17.1. The first-order valence-corrected chi connectivity index (χ1v) is 22.5. The molecular weight excluding hydrogens is 775 g/mol. The van der Waals surface area contributed by atoms with E-state index in [0.29, 0.717) is 11.8 Å².